The van der Waals surface area contributed by atoms with Crippen molar-refractivity contribution in [2.24, 2.45) is 17.8 Å². The number of ether oxygens (including phenoxy) is 1. The monoisotopic (exact) mass is 126 g/mol. The average molecular weight is 126 g/mol. The molecule has 9 heavy (non-hydrogen) atoms. The fourth-order valence-electron chi connectivity index (χ4n) is 1.85. The van der Waals surface area contributed by atoms with Gasteiger partial charge in [-0.25, -0.2) is 0 Å². The standard InChI is InChI=1S/C7H10O2/c1-2-4-5-3-9-7(8)6(4)5/h4-6H,2-3H2,1H3/t4-,5+,6-/m0/s1. The Balaban J connectivity index is 2.06. The number of hydrogen-bond donors (Lipinski definition) is 0. The van der Waals surface area contributed by atoms with Crippen molar-refractivity contribution in [2.75, 3.05) is 6.61 Å². The molecule has 0 aromatic rings. The Morgan fingerprint density at radius 2 is 2.56 bits per heavy atom. The lowest BCUT2D eigenvalue weighted by Crippen LogP contribution is -2.03. The van der Waals surface area contributed by atoms with Crippen molar-refractivity contribution in [3.05, 3.63) is 0 Å². The minimum absolute atomic E-state index is 0.0480. The van der Waals surface area contributed by atoms with Gasteiger partial charge in [0.25, 0.3) is 0 Å². The van der Waals surface area contributed by atoms with E-state index in [0.29, 0.717) is 24.4 Å². The minimum atomic E-state index is 0.0480. The summed E-state index contributed by atoms with van der Waals surface area (Å²) in [6, 6.07) is 0. The van der Waals surface area contributed by atoms with E-state index in [9.17, 15) is 4.79 Å². The van der Waals surface area contributed by atoms with Crippen LogP contribution in [0.1, 0.15) is 13.3 Å². The van der Waals surface area contributed by atoms with E-state index in [2.05, 4.69) is 6.92 Å². The first-order chi connectivity index (χ1) is 4.34. The van der Waals surface area contributed by atoms with Crippen LogP contribution >= 0.6 is 0 Å². The first-order valence-corrected chi connectivity index (χ1v) is 3.51. The Morgan fingerprint density at radius 3 is 2.89 bits per heavy atom. The van der Waals surface area contributed by atoms with E-state index in [4.69, 9.17) is 4.74 Å². The molecule has 1 aliphatic carbocycles. The van der Waals surface area contributed by atoms with Gasteiger partial charge in [0.1, 0.15) is 0 Å². The molecule has 0 bridgehead atoms. The number of cyclic esters (lactones) is 1. The van der Waals surface area contributed by atoms with Gasteiger partial charge in [-0.15, -0.1) is 0 Å². The molecule has 2 heteroatoms. The van der Waals surface area contributed by atoms with Crippen LogP contribution < -0.4 is 0 Å². The third kappa shape index (κ3) is 0.533. The maximum absolute atomic E-state index is 10.8. The number of esters is 1. The lowest BCUT2D eigenvalue weighted by Gasteiger charge is -1.98. The maximum Gasteiger partial charge on any atom is 0.309 e. The largest absolute Gasteiger partial charge is 0.465 e. The molecule has 1 heterocycles. The molecule has 0 spiro atoms. The van der Waals surface area contributed by atoms with E-state index >= 15 is 0 Å². The minimum Gasteiger partial charge on any atom is -0.465 e. The van der Waals surface area contributed by atoms with Gasteiger partial charge in [0.15, 0.2) is 0 Å². The normalized spacial score (nSPS) is 46.3. The molecule has 1 aliphatic heterocycles. The topological polar surface area (TPSA) is 26.3 Å². The van der Waals surface area contributed by atoms with Crippen LogP contribution in [0.5, 0.6) is 0 Å². The van der Waals surface area contributed by atoms with Crippen molar-refractivity contribution in [1.29, 1.82) is 0 Å². The highest BCUT2D eigenvalue weighted by Crippen LogP contribution is 2.53. The molecule has 2 fully saturated rings. The molecule has 0 radical (unpaired) electrons. The van der Waals surface area contributed by atoms with Gasteiger partial charge in [0, 0.05) is 5.92 Å². The predicted octanol–water partition coefficient (Wildman–Crippen LogP) is 0.815. The van der Waals surface area contributed by atoms with Gasteiger partial charge >= 0.3 is 5.97 Å². The predicted molar refractivity (Wildman–Crippen MR) is 31.7 cm³/mol. The van der Waals surface area contributed by atoms with E-state index in [1.54, 1.807) is 0 Å². The van der Waals surface area contributed by atoms with Crippen LogP contribution in [0, 0.1) is 17.8 Å². The number of rotatable bonds is 1. The van der Waals surface area contributed by atoms with Crippen molar-refractivity contribution in [2.45, 2.75) is 13.3 Å². The van der Waals surface area contributed by atoms with Crippen molar-refractivity contribution in [1.82, 2.24) is 0 Å². The molecular weight excluding hydrogens is 116 g/mol. The molecule has 0 amide bonds. The number of carbonyl (C=O) groups excluding carboxylic acids is 1. The molecule has 1 saturated carbocycles. The third-order valence-corrected chi connectivity index (χ3v) is 2.49. The quantitative estimate of drug-likeness (QED) is 0.486. The second kappa shape index (κ2) is 1.49. The van der Waals surface area contributed by atoms with Crippen molar-refractivity contribution in [3.8, 4) is 0 Å². The van der Waals surface area contributed by atoms with Gasteiger partial charge in [-0.05, 0) is 5.92 Å². The fraction of sp³-hybridized carbons (Fsp3) is 0.857. The van der Waals surface area contributed by atoms with Crippen LogP contribution in [0.3, 0.4) is 0 Å². The first-order valence-electron chi connectivity index (χ1n) is 3.51. The highest BCUT2D eigenvalue weighted by atomic mass is 16.5. The first kappa shape index (κ1) is 5.27. The summed E-state index contributed by atoms with van der Waals surface area (Å²) < 4.78 is 4.81. The summed E-state index contributed by atoms with van der Waals surface area (Å²) in [4.78, 5) is 10.8. The molecular formula is C7H10O2. The second-order valence-corrected chi connectivity index (χ2v) is 2.89. The molecule has 3 atom stereocenters. The van der Waals surface area contributed by atoms with Crippen LogP contribution in [0.25, 0.3) is 0 Å². The van der Waals surface area contributed by atoms with Gasteiger partial charge in [-0.1, -0.05) is 13.3 Å². The summed E-state index contributed by atoms with van der Waals surface area (Å²) in [5, 5.41) is 0. The van der Waals surface area contributed by atoms with Crippen LogP contribution in [0.15, 0.2) is 0 Å². The van der Waals surface area contributed by atoms with Crippen molar-refractivity contribution >= 4 is 5.97 Å². The summed E-state index contributed by atoms with van der Waals surface area (Å²) >= 11 is 0. The SMILES string of the molecule is CC[C@H]1[C@H]2COC(=O)[C@H]21. The lowest BCUT2D eigenvalue weighted by atomic mass is 10.2. The smallest absolute Gasteiger partial charge is 0.309 e. The van der Waals surface area contributed by atoms with E-state index < -0.39 is 0 Å². The molecule has 0 unspecified atom stereocenters. The highest BCUT2D eigenvalue weighted by molar-refractivity contribution is 5.78. The fourth-order valence-corrected chi connectivity index (χ4v) is 1.85. The molecule has 0 N–H and O–H groups in total. The summed E-state index contributed by atoms with van der Waals surface area (Å²) in [5.41, 5.74) is 0. The summed E-state index contributed by atoms with van der Waals surface area (Å²) in [6.45, 7) is 2.83. The van der Waals surface area contributed by atoms with Crippen molar-refractivity contribution in [3.63, 3.8) is 0 Å². The number of fused-ring (bicyclic) bond motifs is 1. The van der Waals surface area contributed by atoms with E-state index in [1.807, 2.05) is 0 Å². The number of hydrogen-bond acceptors (Lipinski definition) is 2. The van der Waals surface area contributed by atoms with Crippen LogP contribution in [-0.2, 0) is 9.53 Å². The zero-order valence-electron chi connectivity index (χ0n) is 5.46. The van der Waals surface area contributed by atoms with Crippen LogP contribution in [-0.4, -0.2) is 12.6 Å². The van der Waals surface area contributed by atoms with E-state index in [-0.39, 0.29) is 5.97 Å². The molecule has 2 aliphatic rings. The van der Waals surface area contributed by atoms with Gasteiger partial charge in [0.2, 0.25) is 0 Å². The van der Waals surface area contributed by atoms with E-state index in [0.717, 1.165) is 6.42 Å². The lowest BCUT2D eigenvalue weighted by molar-refractivity contribution is -0.141. The summed E-state index contributed by atoms with van der Waals surface area (Å²) in [5.74, 6) is 1.62. The van der Waals surface area contributed by atoms with Crippen molar-refractivity contribution < 1.29 is 9.53 Å². The molecule has 50 valence electrons. The molecule has 0 aromatic heterocycles. The van der Waals surface area contributed by atoms with Crippen LogP contribution in [0.2, 0.25) is 0 Å². The van der Waals surface area contributed by atoms with Gasteiger partial charge < -0.3 is 4.74 Å². The molecule has 2 rings (SSSR count). The zero-order valence-corrected chi connectivity index (χ0v) is 5.46. The molecule has 0 aromatic carbocycles. The molecule has 1 saturated heterocycles. The zero-order chi connectivity index (χ0) is 6.43. The van der Waals surface area contributed by atoms with Crippen LogP contribution in [0.4, 0.5) is 0 Å². The molecule has 2 nitrogen and oxygen atoms in total. The third-order valence-electron chi connectivity index (χ3n) is 2.49. The Morgan fingerprint density at radius 1 is 1.78 bits per heavy atom. The highest BCUT2D eigenvalue weighted by Gasteiger charge is 2.59. The Bertz CT molecular complexity index is 149. The maximum atomic E-state index is 10.8. The van der Waals surface area contributed by atoms with Gasteiger partial charge in [-0.2, -0.15) is 0 Å². The number of carbonyl (C=O) groups is 1. The Hall–Kier alpha value is -0.530. The second-order valence-electron chi connectivity index (χ2n) is 2.89. The Labute approximate surface area is 54.2 Å². The summed E-state index contributed by atoms with van der Waals surface area (Å²) in [6.07, 6.45) is 1.14. The van der Waals surface area contributed by atoms with Gasteiger partial charge in [-0.3, -0.25) is 4.79 Å². The summed E-state index contributed by atoms with van der Waals surface area (Å²) in [7, 11) is 0. The van der Waals surface area contributed by atoms with Gasteiger partial charge in [0.05, 0.1) is 12.5 Å². The Kier molecular flexibility index (Phi) is 0.875. The average Bonchev–Trinajstić information content (AvgIpc) is 2.46. The van der Waals surface area contributed by atoms with E-state index in [1.165, 1.54) is 0 Å².